The fourth-order valence-corrected chi connectivity index (χ4v) is 7.30. The molecule has 0 spiro atoms. The van der Waals surface area contributed by atoms with E-state index in [4.69, 9.17) is 5.73 Å². The van der Waals surface area contributed by atoms with Crippen LogP contribution in [0.3, 0.4) is 0 Å². The number of carbonyl (C=O) groups is 1. The second kappa shape index (κ2) is 10.3. The number of amides is 1. The Labute approximate surface area is 227 Å². The van der Waals surface area contributed by atoms with Crippen LogP contribution in [0.2, 0.25) is 0 Å². The number of hydrogen-bond acceptors (Lipinski definition) is 5. The molecule has 7 nitrogen and oxygen atoms in total. The van der Waals surface area contributed by atoms with E-state index in [0.29, 0.717) is 49.3 Å². The van der Waals surface area contributed by atoms with Crippen LogP contribution in [-0.4, -0.2) is 72.4 Å². The van der Waals surface area contributed by atoms with Crippen molar-refractivity contribution in [2.45, 2.75) is 62.8 Å². The number of aliphatic hydroxyl groups is 1. The molecule has 2 atom stereocenters. The largest absolute Gasteiger partial charge is 0.430 e. The lowest BCUT2D eigenvalue weighted by Gasteiger charge is -2.39. The Morgan fingerprint density at radius 3 is 2.00 bits per heavy atom. The lowest BCUT2D eigenvalue weighted by Crippen LogP contribution is -2.54. The van der Waals surface area contributed by atoms with Gasteiger partial charge in [-0.25, -0.2) is 8.42 Å². The van der Waals surface area contributed by atoms with Gasteiger partial charge in [0.25, 0.3) is 5.60 Å². The molecular weight excluding hydrogens is 564 g/mol. The van der Waals surface area contributed by atoms with Gasteiger partial charge in [0.15, 0.2) is 0 Å². The number of halogens is 6. The molecule has 2 aliphatic heterocycles. The van der Waals surface area contributed by atoms with Gasteiger partial charge >= 0.3 is 12.4 Å². The van der Waals surface area contributed by atoms with Gasteiger partial charge in [0.1, 0.15) is 0 Å². The highest BCUT2D eigenvalue weighted by Crippen LogP contribution is 2.50. The quantitative estimate of drug-likeness (QED) is 0.474. The summed E-state index contributed by atoms with van der Waals surface area (Å²) in [4.78, 5) is 14.3. The van der Waals surface area contributed by atoms with E-state index in [1.54, 1.807) is 23.4 Å². The molecule has 40 heavy (non-hydrogen) atoms. The third kappa shape index (κ3) is 5.33. The number of piperazine rings is 1. The normalized spacial score (nSPS) is 21.1. The summed E-state index contributed by atoms with van der Waals surface area (Å²) in [5.41, 5.74) is -0.0180. The first kappa shape index (κ1) is 30.3. The molecule has 3 N–H and O–H groups in total. The number of carbonyl (C=O) groups excluding carboxylic acids is 1. The molecule has 4 rings (SSSR count). The Morgan fingerprint density at radius 2 is 1.52 bits per heavy atom. The van der Waals surface area contributed by atoms with Crippen LogP contribution in [-0.2, 0) is 28.6 Å². The van der Waals surface area contributed by atoms with Crippen molar-refractivity contribution < 1.29 is 44.7 Å². The number of nitrogens with zero attached hydrogens (tertiary/aromatic N) is 2. The second-order valence-electron chi connectivity index (χ2n) is 10.3. The average molecular weight is 594 g/mol. The zero-order valence-corrected chi connectivity index (χ0v) is 22.5. The number of rotatable bonds is 7. The Balaban J connectivity index is 1.66. The Hall–Kier alpha value is -2.68. The molecule has 2 aliphatic rings. The van der Waals surface area contributed by atoms with E-state index in [2.05, 4.69) is 4.90 Å². The van der Waals surface area contributed by atoms with Crippen molar-refractivity contribution in [3.05, 3.63) is 58.7 Å². The highest BCUT2D eigenvalue weighted by Gasteiger charge is 2.71. The maximum atomic E-state index is 13.4. The number of alkyl halides is 6. The standard InChI is InChI=1S/C26H29F6N3O4S/c1-3-16-10-15(12-34-13-18-6-7-19(14-34)35(18)40(2,38)39)4-8-20(16)21-9-5-17(11-22(21)23(33)36)24(37,25(27,28)29)26(30,31)32/h4-5,8-11,18-19,37H,3,6-7,12-14H2,1-2H3,(H2,33,36). The summed E-state index contributed by atoms with van der Waals surface area (Å²) in [7, 11) is -3.32. The van der Waals surface area contributed by atoms with Crippen LogP contribution in [0, 0.1) is 0 Å². The number of hydrogen-bond donors (Lipinski definition) is 2. The number of aryl methyl sites for hydroxylation is 1. The average Bonchev–Trinajstić information content (AvgIpc) is 3.13. The third-order valence-electron chi connectivity index (χ3n) is 7.64. The number of primary amides is 1. The van der Waals surface area contributed by atoms with Crippen LogP contribution in [0.15, 0.2) is 36.4 Å². The Kier molecular flexibility index (Phi) is 7.80. The predicted octanol–water partition coefficient (Wildman–Crippen LogP) is 3.94. The van der Waals surface area contributed by atoms with E-state index in [0.717, 1.165) is 24.5 Å². The van der Waals surface area contributed by atoms with Crippen molar-refractivity contribution in [1.82, 2.24) is 9.21 Å². The molecule has 2 aromatic rings. The van der Waals surface area contributed by atoms with Gasteiger partial charge in [-0.15, -0.1) is 0 Å². The zero-order valence-electron chi connectivity index (χ0n) is 21.7. The predicted molar refractivity (Wildman–Crippen MR) is 135 cm³/mol. The first-order valence-corrected chi connectivity index (χ1v) is 14.4. The van der Waals surface area contributed by atoms with E-state index in [-0.39, 0.29) is 17.6 Å². The van der Waals surface area contributed by atoms with Crippen molar-refractivity contribution in [1.29, 1.82) is 0 Å². The van der Waals surface area contributed by atoms with Crippen LogP contribution in [0.25, 0.3) is 11.1 Å². The van der Waals surface area contributed by atoms with Gasteiger partial charge in [0, 0.05) is 42.8 Å². The van der Waals surface area contributed by atoms with E-state index in [1.165, 1.54) is 6.26 Å². The lowest BCUT2D eigenvalue weighted by molar-refractivity contribution is -0.376. The van der Waals surface area contributed by atoms with E-state index >= 15 is 0 Å². The molecule has 220 valence electrons. The van der Waals surface area contributed by atoms with Gasteiger partial charge in [-0.3, -0.25) is 9.69 Å². The highest BCUT2D eigenvalue weighted by atomic mass is 32.2. The molecule has 2 unspecified atom stereocenters. The first-order chi connectivity index (χ1) is 18.4. The van der Waals surface area contributed by atoms with Crippen LogP contribution in [0.4, 0.5) is 26.3 Å². The molecule has 14 heteroatoms. The minimum absolute atomic E-state index is 0.0335. The van der Waals surface area contributed by atoms with Crippen molar-refractivity contribution in [2.24, 2.45) is 5.73 Å². The Bertz CT molecular complexity index is 1380. The van der Waals surface area contributed by atoms with Crippen molar-refractivity contribution in [2.75, 3.05) is 19.3 Å². The summed E-state index contributed by atoms with van der Waals surface area (Å²) in [6.07, 6.45) is -9.03. The second-order valence-corrected chi connectivity index (χ2v) is 12.2. The monoisotopic (exact) mass is 593 g/mol. The summed E-state index contributed by atoms with van der Waals surface area (Å²) in [6, 6.07) is 6.73. The minimum atomic E-state index is -6.11. The molecule has 0 aliphatic carbocycles. The number of fused-ring (bicyclic) bond motifs is 2. The zero-order chi connectivity index (χ0) is 29.8. The maximum Gasteiger partial charge on any atom is 0.430 e. The summed E-state index contributed by atoms with van der Waals surface area (Å²) in [5, 5.41) is 9.78. The van der Waals surface area contributed by atoms with Gasteiger partial charge in [-0.2, -0.15) is 30.6 Å². The molecular formula is C26H29F6N3O4S. The van der Waals surface area contributed by atoms with Crippen molar-refractivity contribution in [3.8, 4) is 11.1 Å². The number of sulfonamides is 1. The number of nitrogens with two attached hydrogens (primary N) is 1. The first-order valence-electron chi connectivity index (χ1n) is 12.5. The van der Waals surface area contributed by atoms with Gasteiger partial charge in [-0.05, 0) is 47.6 Å². The van der Waals surface area contributed by atoms with Crippen LogP contribution >= 0.6 is 0 Å². The lowest BCUT2D eigenvalue weighted by atomic mass is 9.86. The highest BCUT2D eigenvalue weighted by molar-refractivity contribution is 7.88. The number of benzene rings is 2. The fraction of sp³-hybridized carbons (Fsp3) is 0.500. The molecule has 0 radical (unpaired) electrons. The molecule has 2 saturated heterocycles. The summed E-state index contributed by atoms with van der Waals surface area (Å²) < 4.78 is 106. The molecule has 2 aromatic carbocycles. The topological polar surface area (TPSA) is 104 Å². The van der Waals surface area contributed by atoms with Gasteiger partial charge < -0.3 is 10.8 Å². The van der Waals surface area contributed by atoms with Gasteiger partial charge in [0.05, 0.1) is 6.26 Å². The third-order valence-corrected chi connectivity index (χ3v) is 9.01. The van der Waals surface area contributed by atoms with E-state index in [1.807, 2.05) is 6.07 Å². The molecule has 0 aromatic heterocycles. The maximum absolute atomic E-state index is 13.4. The van der Waals surface area contributed by atoms with E-state index in [9.17, 15) is 44.7 Å². The van der Waals surface area contributed by atoms with E-state index < -0.39 is 45.0 Å². The smallest absolute Gasteiger partial charge is 0.369 e. The van der Waals surface area contributed by atoms with Crippen LogP contribution in [0.1, 0.15) is 46.8 Å². The van der Waals surface area contributed by atoms with Gasteiger partial charge in [0.2, 0.25) is 15.9 Å². The van der Waals surface area contributed by atoms with Crippen molar-refractivity contribution >= 4 is 15.9 Å². The molecule has 1 amide bonds. The van der Waals surface area contributed by atoms with Crippen LogP contribution in [0.5, 0.6) is 0 Å². The molecule has 2 fully saturated rings. The van der Waals surface area contributed by atoms with Gasteiger partial charge in [-0.1, -0.05) is 37.3 Å². The molecule has 2 heterocycles. The molecule has 2 bridgehead atoms. The SMILES string of the molecule is CCc1cc(CN2CC3CCC(C2)N3S(C)(=O)=O)ccc1-c1ccc(C(O)(C(F)(F)F)C(F)(F)F)cc1C(N)=O. The van der Waals surface area contributed by atoms with Crippen LogP contribution < -0.4 is 5.73 Å². The molecule has 0 saturated carbocycles. The number of likely N-dealkylation sites (tertiary alicyclic amines) is 1. The fourth-order valence-electron chi connectivity index (χ4n) is 5.88. The van der Waals surface area contributed by atoms with Crippen molar-refractivity contribution in [3.63, 3.8) is 0 Å². The minimum Gasteiger partial charge on any atom is -0.369 e. The summed E-state index contributed by atoms with van der Waals surface area (Å²) >= 11 is 0. The Morgan fingerprint density at radius 1 is 0.975 bits per heavy atom. The summed E-state index contributed by atoms with van der Waals surface area (Å²) in [5.74, 6) is -1.26. The summed E-state index contributed by atoms with van der Waals surface area (Å²) in [6.45, 7) is 3.42.